The first-order valence-electron chi connectivity index (χ1n) is 14.8. The molecule has 1 aliphatic rings. The molecule has 1 fully saturated rings. The number of benzene rings is 1. The molecule has 2 aromatic rings. The van der Waals surface area contributed by atoms with Crippen LogP contribution in [0.2, 0.25) is 0 Å². The van der Waals surface area contributed by atoms with E-state index in [4.69, 9.17) is 9.47 Å². The Hall–Kier alpha value is -2.98. The van der Waals surface area contributed by atoms with Gasteiger partial charge in [-0.1, -0.05) is 56.4 Å². The lowest BCUT2D eigenvalue weighted by molar-refractivity contribution is -0.148. The second kappa shape index (κ2) is 16.5. The molecule has 10 heteroatoms. The highest BCUT2D eigenvalue weighted by Crippen LogP contribution is 2.27. The van der Waals surface area contributed by atoms with Gasteiger partial charge in [0.25, 0.3) is 0 Å². The first-order valence-corrected chi connectivity index (χ1v) is 15.7. The number of alkyl carbamates (subject to hydrolysis) is 1. The molecule has 0 saturated carbocycles. The summed E-state index contributed by atoms with van der Waals surface area (Å²) in [6.45, 7) is 9.12. The number of thiazole rings is 1. The lowest BCUT2D eigenvalue weighted by atomic mass is 10.1. The van der Waals surface area contributed by atoms with Crippen molar-refractivity contribution in [1.82, 2.24) is 20.9 Å². The van der Waals surface area contributed by atoms with Gasteiger partial charge in [-0.05, 0) is 51.7 Å². The number of ether oxygens (including phenoxy) is 2. The van der Waals surface area contributed by atoms with Crippen LogP contribution in [0.5, 0.6) is 0 Å². The number of amides is 2. The van der Waals surface area contributed by atoms with Gasteiger partial charge in [0.1, 0.15) is 11.7 Å². The molecule has 1 aromatic carbocycles. The van der Waals surface area contributed by atoms with Gasteiger partial charge in [-0.2, -0.15) is 0 Å². The fraction of sp³-hybridized carbons (Fsp3) is 0.613. The topological polar surface area (TPSA) is 119 Å². The summed E-state index contributed by atoms with van der Waals surface area (Å²) in [6.07, 6.45) is 7.35. The molecule has 2 heterocycles. The molecular weight excluding hydrogens is 540 g/mol. The third-order valence-electron chi connectivity index (χ3n) is 6.86. The smallest absolute Gasteiger partial charge is 0.407 e. The molecule has 3 N–H and O–H groups in total. The number of unbranched alkanes of at least 4 members (excludes halogenated alkanes) is 6. The number of hydrogen-bond donors (Lipinski definition) is 3. The zero-order valence-electron chi connectivity index (χ0n) is 24.9. The van der Waals surface area contributed by atoms with Crippen LogP contribution in [-0.4, -0.2) is 53.8 Å². The molecule has 226 valence electrons. The summed E-state index contributed by atoms with van der Waals surface area (Å²) >= 11 is 1.62. The lowest BCUT2D eigenvalue weighted by Gasteiger charge is -2.19. The lowest BCUT2D eigenvalue weighted by Crippen LogP contribution is -2.39. The van der Waals surface area contributed by atoms with E-state index >= 15 is 0 Å². The van der Waals surface area contributed by atoms with Crippen LogP contribution in [0.25, 0.3) is 10.4 Å². The second-order valence-electron chi connectivity index (χ2n) is 11.6. The summed E-state index contributed by atoms with van der Waals surface area (Å²) in [5.41, 5.74) is 4.55. The third kappa shape index (κ3) is 12.2. The molecule has 9 nitrogen and oxygen atoms in total. The van der Waals surface area contributed by atoms with E-state index in [1.165, 1.54) is 0 Å². The van der Waals surface area contributed by atoms with Crippen molar-refractivity contribution in [3.63, 3.8) is 0 Å². The second-order valence-corrected chi connectivity index (χ2v) is 12.5. The van der Waals surface area contributed by atoms with E-state index in [0.29, 0.717) is 32.5 Å². The number of nitrogens with one attached hydrogen (secondary N) is 3. The van der Waals surface area contributed by atoms with Gasteiger partial charge in [0.05, 0.1) is 22.1 Å². The Balaban J connectivity index is 1.19. The van der Waals surface area contributed by atoms with Crippen LogP contribution in [0.4, 0.5) is 4.79 Å². The predicted molar refractivity (Wildman–Crippen MR) is 162 cm³/mol. The van der Waals surface area contributed by atoms with Crippen molar-refractivity contribution in [2.75, 3.05) is 13.1 Å². The van der Waals surface area contributed by atoms with Gasteiger partial charge < -0.3 is 25.4 Å². The predicted octanol–water partition coefficient (Wildman–Crippen LogP) is 5.65. The Morgan fingerprint density at radius 3 is 2.34 bits per heavy atom. The standard InChI is InChI=1S/C31H46N4O5S/c1-22-28(41-21-35-22)24-15-13-23(14-16-24)19-34-29(37)26-18-25(20-33-26)39-27(36)12-10-8-6-5-7-9-11-17-32-30(38)40-31(2,3)4/h13-16,21,25-26,33H,5-12,17-20H2,1-4H3,(H,32,38)(H,34,37). The average Bonchev–Trinajstić information content (AvgIpc) is 3.56. The van der Waals surface area contributed by atoms with Crippen molar-refractivity contribution < 1.29 is 23.9 Å². The number of carbonyl (C=O) groups is 3. The molecule has 0 aliphatic carbocycles. The Kier molecular flexibility index (Phi) is 13.1. The van der Waals surface area contributed by atoms with Gasteiger partial charge in [-0.25, -0.2) is 9.78 Å². The number of hydrogen-bond acceptors (Lipinski definition) is 8. The van der Waals surface area contributed by atoms with Gasteiger partial charge in [0.15, 0.2) is 0 Å². The summed E-state index contributed by atoms with van der Waals surface area (Å²) in [5.74, 6) is -0.270. The van der Waals surface area contributed by atoms with E-state index in [-0.39, 0.29) is 30.1 Å². The van der Waals surface area contributed by atoms with Crippen molar-refractivity contribution in [2.24, 2.45) is 0 Å². The SMILES string of the molecule is Cc1ncsc1-c1ccc(CNC(=O)C2CC(OC(=O)CCCCCCCCCNC(=O)OC(C)(C)C)CN2)cc1. The van der Waals surface area contributed by atoms with Gasteiger partial charge in [0, 0.05) is 32.5 Å². The molecule has 2 amide bonds. The van der Waals surface area contributed by atoms with E-state index in [1.54, 1.807) is 11.3 Å². The highest BCUT2D eigenvalue weighted by Gasteiger charge is 2.31. The number of nitrogens with zero attached hydrogens (tertiary/aromatic N) is 1. The molecule has 2 unspecified atom stereocenters. The van der Waals surface area contributed by atoms with Gasteiger partial charge >= 0.3 is 12.1 Å². The fourth-order valence-electron chi connectivity index (χ4n) is 4.69. The molecule has 1 aromatic heterocycles. The maximum atomic E-state index is 12.6. The molecule has 2 atom stereocenters. The van der Waals surface area contributed by atoms with Crippen LogP contribution < -0.4 is 16.0 Å². The highest BCUT2D eigenvalue weighted by atomic mass is 32.1. The van der Waals surface area contributed by atoms with Crippen LogP contribution in [-0.2, 0) is 25.6 Å². The highest BCUT2D eigenvalue weighted by molar-refractivity contribution is 7.13. The minimum absolute atomic E-state index is 0.0773. The minimum atomic E-state index is -0.472. The van der Waals surface area contributed by atoms with Crippen molar-refractivity contribution in [3.05, 3.63) is 41.0 Å². The molecule has 0 spiro atoms. The van der Waals surface area contributed by atoms with E-state index < -0.39 is 5.60 Å². The third-order valence-corrected chi connectivity index (χ3v) is 7.84. The van der Waals surface area contributed by atoms with E-state index in [9.17, 15) is 14.4 Å². The Morgan fingerprint density at radius 2 is 1.68 bits per heavy atom. The van der Waals surface area contributed by atoms with Crippen LogP contribution in [0.15, 0.2) is 29.8 Å². The van der Waals surface area contributed by atoms with E-state index in [1.807, 2.05) is 45.3 Å². The number of aryl methyl sites for hydroxylation is 1. The summed E-state index contributed by atoms with van der Waals surface area (Å²) in [5, 5.41) is 8.95. The molecule has 1 saturated heterocycles. The normalized spacial score (nSPS) is 16.8. The van der Waals surface area contributed by atoms with Gasteiger partial charge in [0.2, 0.25) is 5.91 Å². The number of carbonyl (C=O) groups excluding carboxylic acids is 3. The van der Waals surface area contributed by atoms with Crippen LogP contribution in [0.1, 0.15) is 89.8 Å². The molecular formula is C31H46N4O5S. The van der Waals surface area contributed by atoms with Crippen LogP contribution in [0.3, 0.4) is 0 Å². The molecule has 0 bridgehead atoms. The van der Waals surface area contributed by atoms with E-state index in [2.05, 4.69) is 33.1 Å². The molecule has 0 radical (unpaired) electrons. The molecule has 41 heavy (non-hydrogen) atoms. The maximum Gasteiger partial charge on any atom is 0.407 e. The number of rotatable bonds is 15. The largest absolute Gasteiger partial charge is 0.461 e. The quantitative estimate of drug-likeness (QED) is 0.182. The number of esters is 1. The first kappa shape index (κ1) is 32.5. The summed E-state index contributed by atoms with van der Waals surface area (Å²) in [7, 11) is 0. The van der Waals surface area contributed by atoms with Crippen molar-refractivity contribution in [1.29, 1.82) is 0 Å². The zero-order valence-corrected chi connectivity index (χ0v) is 25.7. The zero-order chi connectivity index (χ0) is 29.7. The summed E-state index contributed by atoms with van der Waals surface area (Å²) in [4.78, 5) is 42.0. The van der Waals surface area contributed by atoms with E-state index in [0.717, 1.165) is 66.6 Å². The van der Waals surface area contributed by atoms with Crippen LogP contribution in [0, 0.1) is 6.92 Å². The Bertz CT molecular complexity index is 1110. The Labute approximate surface area is 248 Å². The number of aromatic nitrogens is 1. The van der Waals surface area contributed by atoms with Crippen molar-refractivity contribution in [3.8, 4) is 10.4 Å². The minimum Gasteiger partial charge on any atom is -0.461 e. The van der Waals surface area contributed by atoms with Crippen molar-refractivity contribution in [2.45, 2.75) is 110 Å². The molecule has 3 rings (SSSR count). The van der Waals surface area contributed by atoms with Crippen molar-refractivity contribution >= 4 is 29.3 Å². The maximum absolute atomic E-state index is 12.6. The van der Waals surface area contributed by atoms with Gasteiger partial charge in [-0.3, -0.25) is 9.59 Å². The average molecular weight is 587 g/mol. The summed E-state index contributed by atoms with van der Waals surface area (Å²) in [6, 6.07) is 7.80. The molecule has 1 aliphatic heterocycles. The monoisotopic (exact) mass is 586 g/mol. The van der Waals surface area contributed by atoms with Crippen LogP contribution >= 0.6 is 11.3 Å². The summed E-state index contributed by atoms with van der Waals surface area (Å²) < 4.78 is 10.8. The first-order chi connectivity index (χ1) is 19.6. The Morgan fingerprint density at radius 1 is 1.00 bits per heavy atom. The van der Waals surface area contributed by atoms with Gasteiger partial charge in [-0.15, -0.1) is 11.3 Å². The fourth-order valence-corrected chi connectivity index (χ4v) is 5.50.